The van der Waals surface area contributed by atoms with E-state index < -0.39 is 14.1 Å². The molecular formula is C24H39NO4P+. The fourth-order valence-electron chi connectivity index (χ4n) is 3.11. The molecule has 0 aliphatic rings. The molecule has 0 fully saturated rings. The number of carbonyl (C=O) groups is 2. The summed E-state index contributed by atoms with van der Waals surface area (Å²) in [5, 5.41) is 0. The molecule has 0 spiro atoms. The number of quaternary nitrogens is 1. The molecule has 0 saturated heterocycles. The monoisotopic (exact) mass is 436 g/mol. The molecule has 5 nitrogen and oxygen atoms in total. The van der Waals surface area contributed by atoms with Crippen LogP contribution in [0, 0.1) is 6.92 Å². The van der Waals surface area contributed by atoms with E-state index in [9.17, 15) is 14.5 Å². The summed E-state index contributed by atoms with van der Waals surface area (Å²) in [5.41, 5.74) is 3.01. The third kappa shape index (κ3) is 12.2. The lowest BCUT2D eigenvalue weighted by atomic mass is 10.0. The Balaban J connectivity index is 2.08. The summed E-state index contributed by atoms with van der Waals surface area (Å²) < 4.78 is 5.64. The molecule has 0 amide bonds. The van der Waals surface area contributed by atoms with Crippen molar-refractivity contribution in [3.05, 3.63) is 47.5 Å². The lowest BCUT2D eigenvalue weighted by Gasteiger charge is -2.23. The van der Waals surface area contributed by atoms with Gasteiger partial charge in [0.1, 0.15) is 14.7 Å². The van der Waals surface area contributed by atoms with Crippen LogP contribution in [0.1, 0.15) is 49.7 Å². The highest BCUT2D eigenvalue weighted by Gasteiger charge is 2.22. The van der Waals surface area contributed by atoms with Crippen LogP contribution in [0.5, 0.6) is 0 Å². The quantitative estimate of drug-likeness (QED) is 0.144. The molecule has 0 radical (unpaired) electrons. The molecule has 6 heteroatoms. The predicted octanol–water partition coefficient (Wildman–Crippen LogP) is 4.60. The van der Waals surface area contributed by atoms with Crippen LogP contribution >= 0.6 is 8.15 Å². The van der Waals surface area contributed by atoms with Crippen LogP contribution < -0.4 is 0 Å². The summed E-state index contributed by atoms with van der Waals surface area (Å²) in [4.78, 5) is 33.9. The van der Waals surface area contributed by atoms with Gasteiger partial charge in [0.05, 0.1) is 27.7 Å². The van der Waals surface area contributed by atoms with Crippen molar-refractivity contribution in [3.8, 4) is 0 Å². The van der Waals surface area contributed by atoms with Crippen molar-refractivity contribution >= 4 is 19.6 Å². The van der Waals surface area contributed by atoms with Gasteiger partial charge in [0.25, 0.3) is 0 Å². The minimum absolute atomic E-state index is 0.0574. The minimum Gasteiger partial charge on any atom is -0.462 e. The van der Waals surface area contributed by atoms with E-state index in [1.807, 2.05) is 21.1 Å². The van der Waals surface area contributed by atoms with Crippen LogP contribution in [0.2, 0.25) is 0 Å². The lowest BCUT2D eigenvalue weighted by molar-refractivity contribution is -0.861. The number of hydrogen-bond donors (Lipinski definition) is 1. The first-order valence-electron chi connectivity index (χ1n) is 10.8. The van der Waals surface area contributed by atoms with Gasteiger partial charge < -0.3 is 14.1 Å². The number of benzene rings is 1. The van der Waals surface area contributed by atoms with Gasteiger partial charge in [-0.05, 0) is 38.2 Å². The van der Waals surface area contributed by atoms with Crippen LogP contribution in [0.4, 0.5) is 0 Å². The van der Waals surface area contributed by atoms with Crippen molar-refractivity contribution in [1.82, 2.24) is 0 Å². The van der Waals surface area contributed by atoms with Gasteiger partial charge in [-0.1, -0.05) is 55.7 Å². The highest BCUT2D eigenvalue weighted by atomic mass is 31.1. The first-order valence-corrected chi connectivity index (χ1v) is 12.3. The molecule has 0 saturated carbocycles. The van der Waals surface area contributed by atoms with Crippen LogP contribution in [0.3, 0.4) is 0 Å². The summed E-state index contributed by atoms with van der Waals surface area (Å²) in [7, 11) is 3.94. The number of likely N-dealkylation sites (N-methyl/N-ethyl adjacent to an activating group) is 1. The van der Waals surface area contributed by atoms with Crippen LogP contribution in [0.25, 0.3) is 0 Å². The summed E-state index contributed by atoms with van der Waals surface area (Å²) >= 11 is 0. The number of nitrogens with zero attached hydrogens (tertiary/aromatic N) is 1. The summed E-state index contributed by atoms with van der Waals surface area (Å²) in [6, 6.07) is 8.66. The smallest absolute Gasteiger partial charge is 0.333 e. The van der Waals surface area contributed by atoms with Crippen molar-refractivity contribution < 1.29 is 23.7 Å². The van der Waals surface area contributed by atoms with Crippen molar-refractivity contribution in [2.75, 3.05) is 40.5 Å². The molecule has 0 aromatic heterocycles. The number of hydrogen-bond acceptors (Lipinski definition) is 4. The van der Waals surface area contributed by atoms with Crippen LogP contribution in [-0.4, -0.2) is 61.3 Å². The van der Waals surface area contributed by atoms with Gasteiger partial charge in [-0.15, -0.1) is 0 Å². The Kier molecular flexibility index (Phi) is 12.1. The number of carbonyl (C=O) groups excluding carboxylic acids is 2. The first-order chi connectivity index (χ1) is 14.1. The molecule has 1 aromatic rings. The zero-order valence-electron chi connectivity index (χ0n) is 19.2. The zero-order valence-corrected chi connectivity index (χ0v) is 20.0. The van der Waals surface area contributed by atoms with E-state index in [4.69, 9.17) is 4.74 Å². The van der Waals surface area contributed by atoms with E-state index in [2.05, 4.69) is 37.8 Å². The Labute approximate surface area is 183 Å². The highest BCUT2D eigenvalue weighted by molar-refractivity contribution is 7.69. The summed E-state index contributed by atoms with van der Waals surface area (Å²) in [6.45, 7) is 6.27. The molecule has 1 rings (SSSR count). The number of esters is 1. The van der Waals surface area contributed by atoms with E-state index in [0.29, 0.717) is 16.5 Å². The van der Waals surface area contributed by atoms with Crippen LogP contribution in [-0.2, 0) is 20.7 Å². The average molecular weight is 437 g/mol. The standard InChI is InChI=1S/C24H39NO4P/c1-20-12-11-15-22(18-20)14-10-8-6-7-9-13-21(2)24(27)29-16-17-30(28)23(26)19-25(3,4)5/h11-12,15,18,28H,2,6-10,13-14,16-17,19H2,1,3-5H3/q+1. The summed E-state index contributed by atoms with van der Waals surface area (Å²) in [5.74, 6) is -0.420. The van der Waals surface area contributed by atoms with Gasteiger partial charge >= 0.3 is 5.97 Å². The van der Waals surface area contributed by atoms with Gasteiger partial charge in [0, 0.05) is 11.7 Å². The molecule has 30 heavy (non-hydrogen) atoms. The minimum atomic E-state index is -1.76. The molecule has 1 atom stereocenters. The number of unbranched alkanes of at least 4 members (excludes halogenated alkanes) is 4. The molecule has 1 N–H and O–H groups in total. The molecule has 1 unspecified atom stereocenters. The van der Waals surface area contributed by atoms with E-state index in [-0.39, 0.29) is 24.8 Å². The fourth-order valence-corrected chi connectivity index (χ4v) is 4.21. The third-order valence-electron chi connectivity index (χ3n) is 4.75. The van der Waals surface area contributed by atoms with Crippen LogP contribution in [0.15, 0.2) is 36.4 Å². The third-order valence-corrected chi connectivity index (χ3v) is 6.07. The second kappa shape index (κ2) is 13.7. The van der Waals surface area contributed by atoms with E-state index in [1.54, 1.807) is 0 Å². The molecule has 0 bridgehead atoms. The molecule has 0 heterocycles. The fraction of sp³-hybridized carbons (Fsp3) is 0.583. The number of rotatable bonds is 15. The molecule has 0 aliphatic heterocycles. The highest BCUT2D eigenvalue weighted by Crippen LogP contribution is 2.31. The van der Waals surface area contributed by atoms with Crippen molar-refractivity contribution in [1.29, 1.82) is 0 Å². The number of ether oxygens (including phenoxy) is 1. The maximum absolute atomic E-state index is 12.0. The van der Waals surface area contributed by atoms with Crippen molar-refractivity contribution in [2.24, 2.45) is 0 Å². The first kappa shape index (κ1) is 26.5. The molecular weight excluding hydrogens is 397 g/mol. The van der Waals surface area contributed by atoms with E-state index in [1.165, 1.54) is 24.0 Å². The normalized spacial score (nSPS) is 12.4. The molecule has 168 valence electrons. The Morgan fingerprint density at radius 1 is 1.10 bits per heavy atom. The summed E-state index contributed by atoms with van der Waals surface area (Å²) in [6.07, 6.45) is 7.45. The molecule has 0 aliphatic carbocycles. The lowest BCUT2D eigenvalue weighted by Crippen LogP contribution is -2.39. The molecule has 1 aromatic carbocycles. The maximum Gasteiger partial charge on any atom is 0.333 e. The maximum atomic E-state index is 12.0. The van der Waals surface area contributed by atoms with Gasteiger partial charge in [-0.25, -0.2) is 4.79 Å². The van der Waals surface area contributed by atoms with Gasteiger partial charge in [0.2, 0.25) is 5.52 Å². The predicted molar refractivity (Wildman–Crippen MR) is 125 cm³/mol. The van der Waals surface area contributed by atoms with E-state index in [0.717, 1.165) is 25.7 Å². The van der Waals surface area contributed by atoms with Gasteiger partial charge in [0.15, 0.2) is 0 Å². The number of aryl methyl sites for hydroxylation is 2. The Hall–Kier alpha value is -1.55. The van der Waals surface area contributed by atoms with Crippen molar-refractivity contribution in [2.45, 2.75) is 51.9 Å². The Bertz CT molecular complexity index is 697. The largest absolute Gasteiger partial charge is 0.462 e. The zero-order chi connectivity index (χ0) is 22.6. The SMILES string of the molecule is C=C(CCCCCCCc1cccc(C)c1)C(=O)OCCP(O)C(=O)C[N+](C)(C)C. The topological polar surface area (TPSA) is 63.6 Å². The van der Waals surface area contributed by atoms with E-state index >= 15 is 0 Å². The van der Waals surface area contributed by atoms with Gasteiger partial charge in [-0.2, -0.15) is 0 Å². The second-order valence-corrected chi connectivity index (χ2v) is 10.7. The van der Waals surface area contributed by atoms with Gasteiger partial charge in [-0.3, -0.25) is 4.79 Å². The Morgan fingerprint density at radius 3 is 2.43 bits per heavy atom. The second-order valence-electron chi connectivity index (χ2n) is 8.96. The Morgan fingerprint density at radius 2 is 1.77 bits per heavy atom. The van der Waals surface area contributed by atoms with Crippen molar-refractivity contribution in [3.63, 3.8) is 0 Å². The average Bonchev–Trinajstić information content (AvgIpc) is 2.65.